The lowest BCUT2D eigenvalue weighted by Crippen LogP contribution is -2.50. The second-order valence-corrected chi connectivity index (χ2v) is 6.08. The molecular formula is C14H27NO2. The van der Waals surface area contributed by atoms with Crippen molar-refractivity contribution in [2.75, 3.05) is 13.7 Å². The third-order valence-corrected chi connectivity index (χ3v) is 3.93. The molecule has 1 aliphatic rings. The van der Waals surface area contributed by atoms with Crippen molar-refractivity contribution in [2.45, 2.75) is 53.0 Å². The molecule has 0 amide bonds. The van der Waals surface area contributed by atoms with Crippen LogP contribution in [-0.2, 0) is 9.53 Å². The number of esters is 1. The average Bonchev–Trinajstić information content (AvgIpc) is 2.27. The van der Waals surface area contributed by atoms with Crippen LogP contribution in [0.4, 0.5) is 0 Å². The summed E-state index contributed by atoms with van der Waals surface area (Å²) in [4.78, 5) is 12.0. The van der Waals surface area contributed by atoms with Gasteiger partial charge in [0, 0.05) is 6.04 Å². The van der Waals surface area contributed by atoms with Gasteiger partial charge in [-0.1, -0.05) is 27.2 Å². The van der Waals surface area contributed by atoms with Crippen LogP contribution in [-0.4, -0.2) is 25.7 Å². The maximum Gasteiger partial charge on any atom is 0.310 e. The molecule has 3 heteroatoms. The molecule has 1 N–H and O–H groups in total. The Balaban J connectivity index is 2.81. The summed E-state index contributed by atoms with van der Waals surface area (Å²) < 4.78 is 5.20. The van der Waals surface area contributed by atoms with Crippen LogP contribution in [0.25, 0.3) is 0 Å². The third-order valence-electron chi connectivity index (χ3n) is 3.93. The van der Waals surface area contributed by atoms with Gasteiger partial charge in [0.05, 0.1) is 12.5 Å². The third kappa shape index (κ3) is 3.44. The molecule has 3 atom stereocenters. The maximum absolute atomic E-state index is 12.0. The highest BCUT2D eigenvalue weighted by molar-refractivity contribution is 5.73. The van der Waals surface area contributed by atoms with E-state index in [4.69, 9.17) is 4.74 Å². The van der Waals surface area contributed by atoms with Gasteiger partial charge in [0.25, 0.3) is 0 Å². The van der Waals surface area contributed by atoms with Gasteiger partial charge in [0.15, 0.2) is 0 Å². The zero-order valence-electron chi connectivity index (χ0n) is 11.9. The van der Waals surface area contributed by atoms with E-state index in [9.17, 15) is 4.79 Å². The van der Waals surface area contributed by atoms with Crippen LogP contribution in [0, 0.1) is 17.3 Å². The van der Waals surface area contributed by atoms with Crippen molar-refractivity contribution in [3.05, 3.63) is 0 Å². The van der Waals surface area contributed by atoms with Gasteiger partial charge in [-0.15, -0.1) is 0 Å². The highest BCUT2D eigenvalue weighted by Gasteiger charge is 2.42. The van der Waals surface area contributed by atoms with Crippen LogP contribution < -0.4 is 5.32 Å². The first-order chi connectivity index (χ1) is 7.91. The molecule has 0 saturated heterocycles. The second-order valence-electron chi connectivity index (χ2n) is 6.08. The van der Waals surface area contributed by atoms with Crippen molar-refractivity contribution in [1.82, 2.24) is 5.32 Å². The average molecular weight is 241 g/mol. The Kier molecular flexibility index (Phi) is 4.99. The molecule has 17 heavy (non-hydrogen) atoms. The lowest BCUT2D eigenvalue weighted by Gasteiger charge is -2.43. The summed E-state index contributed by atoms with van der Waals surface area (Å²) >= 11 is 0. The van der Waals surface area contributed by atoms with Gasteiger partial charge < -0.3 is 10.1 Å². The van der Waals surface area contributed by atoms with E-state index in [1.54, 1.807) is 0 Å². The summed E-state index contributed by atoms with van der Waals surface area (Å²) in [7, 11) is 1.96. The summed E-state index contributed by atoms with van der Waals surface area (Å²) in [5, 5.41) is 3.35. The Labute approximate surface area is 105 Å². The van der Waals surface area contributed by atoms with Crippen LogP contribution in [0.2, 0.25) is 0 Å². The number of rotatable bonds is 3. The molecule has 0 unspecified atom stereocenters. The quantitative estimate of drug-likeness (QED) is 0.772. The van der Waals surface area contributed by atoms with E-state index in [0.717, 1.165) is 12.8 Å². The first kappa shape index (κ1) is 14.5. The van der Waals surface area contributed by atoms with Crippen LogP contribution in [0.5, 0.6) is 0 Å². The monoisotopic (exact) mass is 241 g/mol. The number of hydrogen-bond acceptors (Lipinski definition) is 3. The van der Waals surface area contributed by atoms with Crippen molar-refractivity contribution in [2.24, 2.45) is 17.3 Å². The van der Waals surface area contributed by atoms with Gasteiger partial charge in [-0.05, 0) is 38.1 Å². The van der Waals surface area contributed by atoms with E-state index in [2.05, 4.69) is 26.1 Å². The Morgan fingerprint density at radius 3 is 2.47 bits per heavy atom. The molecule has 0 radical (unpaired) electrons. The molecule has 0 aromatic carbocycles. The van der Waals surface area contributed by atoms with Crippen molar-refractivity contribution in [1.29, 1.82) is 0 Å². The van der Waals surface area contributed by atoms with E-state index >= 15 is 0 Å². The standard InChI is InChI=1S/C14H27NO2/c1-6-17-13(16)10-8-7-9-11(12(10)15-5)14(2,3)4/h10-12,15H,6-9H2,1-5H3/t10-,11-,12-/m0/s1. The number of carbonyl (C=O) groups is 1. The van der Waals surface area contributed by atoms with Crippen molar-refractivity contribution >= 4 is 5.97 Å². The van der Waals surface area contributed by atoms with E-state index in [0.29, 0.717) is 12.5 Å². The molecular weight excluding hydrogens is 214 g/mol. The van der Waals surface area contributed by atoms with Gasteiger partial charge in [0.1, 0.15) is 0 Å². The van der Waals surface area contributed by atoms with Crippen LogP contribution in [0.3, 0.4) is 0 Å². The van der Waals surface area contributed by atoms with Crippen molar-refractivity contribution in [3.8, 4) is 0 Å². The fourth-order valence-corrected chi connectivity index (χ4v) is 3.09. The van der Waals surface area contributed by atoms with Crippen molar-refractivity contribution in [3.63, 3.8) is 0 Å². The van der Waals surface area contributed by atoms with Crippen LogP contribution in [0.15, 0.2) is 0 Å². The number of hydrogen-bond donors (Lipinski definition) is 1. The second kappa shape index (κ2) is 5.85. The first-order valence-corrected chi connectivity index (χ1v) is 6.75. The normalized spacial score (nSPS) is 30.1. The summed E-state index contributed by atoms with van der Waals surface area (Å²) in [5.74, 6) is 0.536. The molecule has 100 valence electrons. The maximum atomic E-state index is 12.0. The molecule has 0 heterocycles. The lowest BCUT2D eigenvalue weighted by atomic mass is 9.66. The van der Waals surface area contributed by atoms with Crippen molar-refractivity contribution < 1.29 is 9.53 Å². The van der Waals surface area contributed by atoms with Gasteiger partial charge >= 0.3 is 5.97 Å². The smallest absolute Gasteiger partial charge is 0.310 e. The van der Waals surface area contributed by atoms with Crippen LogP contribution in [0.1, 0.15) is 47.0 Å². The molecule has 3 nitrogen and oxygen atoms in total. The van der Waals surface area contributed by atoms with E-state index in [1.807, 2.05) is 14.0 Å². The van der Waals surface area contributed by atoms with E-state index in [1.165, 1.54) is 6.42 Å². The molecule has 1 aliphatic carbocycles. The highest BCUT2D eigenvalue weighted by Crippen LogP contribution is 2.40. The first-order valence-electron chi connectivity index (χ1n) is 6.75. The SMILES string of the molecule is CCOC(=O)[C@H]1CCC[C@H](C(C)(C)C)[C@H]1NC. The van der Waals surface area contributed by atoms with Crippen LogP contribution >= 0.6 is 0 Å². The Hall–Kier alpha value is -0.570. The molecule has 0 bridgehead atoms. The summed E-state index contributed by atoms with van der Waals surface area (Å²) in [6.45, 7) is 9.13. The molecule has 1 saturated carbocycles. The predicted molar refractivity (Wildman–Crippen MR) is 69.8 cm³/mol. The lowest BCUT2D eigenvalue weighted by molar-refractivity contribution is -0.151. The molecule has 0 spiro atoms. The molecule has 0 aromatic rings. The zero-order valence-corrected chi connectivity index (χ0v) is 11.9. The largest absolute Gasteiger partial charge is 0.466 e. The Morgan fingerprint density at radius 1 is 1.35 bits per heavy atom. The minimum Gasteiger partial charge on any atom is -0.466 e. The minimum atomic E-state index is -0.0270. The fraction of sp³-hybridized carbons (Fsp3) is 0.929. The topological polar surface area (TPSA) is 38.3 Å². The molecule has 0 aromatic heterocycles. The van der Waals surface area contributed by atoms with E-state index in [-0.39, 0.29) is 23.3 Å². The Morgan fingerprint density at radius 2 is 2.00 bits per heavy atom. The van der Waals surface area contributed by atoms with Gasteiger partial charge in [0.2, 0.25) is 0 Å². The summed E-state index contributed by atoms with van der Waals surface area (Å²) in [6.07, 6.45) is 3.28. The molecule has 0 aliphatic heterocycles. The molecule has 1 rings (SSSR count). The predicted octanol–water partition coefficient (Wildman–Crippen LogP) is 2.60. The summed E-state index contributed by atoms with van der Waals surface area (Å²) in [6, 6.07) is 0.253. The van der Waals surface area contributed by atoms with E-state index < -0.39 is 0 Å². The summed E-state index contributed by atoms with van der Waals surface area (Å²) in [5.41, 5.74) is 0.235. The number of nitrogens with one attached hydrogen (secondary N) is 1. The van der Waals surface area contributed by atoms with Gasteiger partial charge in [-0.25, -0.2) is 0 Å². The van der Waals surface area contributed by atoms with Gasteiger partial charge in [-0.2, -0.15) is 0 Å². The fourth-order valence-electron chi connectivity index (χ4n) is 3.09. The molecule has 1 fully saturated rings. The Bertz CT molecular complexity index is 257. The number of carbonyl (C=O) groups excluding carboxylic acids is 1. The minimum absolute atomic E-state index is 0.0259. The van der Waals surface area contributed by atoms with Gasteiger partial charge in [-0.3, -0.25) is 4.79 Å². The zero-order chi connectivity index (χ0) is 13.1. The number of ether oxygens (including phenoxy) is 1. The highest BCUT2D eigenvalue weighted by atomic mass is 16.5.